The van der Waals surface area contributed by atoms with Gasteiger partial charge >= 0.3 is 5.97 Å². The quantitative estimate of drug-likeness (QED) is 0.669. The van der Waals surface area contributed by atoms with Crippen molar-refractivity contribution in [2.75, 3.05) is 11.9 Å². The highest BCUT2D eigenvalue weighted by molar-refractivity contribution is 5.91. The van der Waals surface area contributed by atoms with Crippen molar-refractivity contribution in [3.8, 4) is 0 Å². The lowest BCUT2D eigenvalue weighted by atomic mass is 10.2. The molecule has 0 radical (unpaired) electrons. The summed E-state index contributed by atoms with van der Waals surface area (Å²) in [5.74, 6) is -0.636. The molecule has 1 heterocycles. The van der Waals surface area contributed by atoms with E-state index >= 15 is 0 Å². The highest BCUT2D eigenvalue weighted by Crippen LogP contribution is 2.07. The number of aryl methyl sites for hydroxylation is 2. The first-order valence-electron chi connectivity index (χ1n) is 6.20. The summed E-state index contributed by atoms with van der Waals surface area (Å²) in [5, 5.41) is 18.4. The number of hydrogen-bond donors (Lipinski definition) is 3. The maximum Gasteiger partial charge on any atom is 0.320 e. The van der Waals surface area contributed by atoms with Gasteiger partial charge in [-0.2, -0.15) is 5.10 Å². The number of carbonyl (C=O) groups excluding carboxylic acids is 1. The van der Waals surface area contributed by atoms with Crippen LogP contribution in [0, 0.1) is 6.92 Å². The van der Waals surface area contributed by atoms with Crippen LogP contribution in [0.1, 0.15) is 25.5 Å². The van der Waals surface area contributed by atoms with Crippen molar-refractivity contribution >= 4 is 17.7 Å². The minimum atomic E-state index is -0.939. The predicted octanol–water partition coefficient (Wildman–Crippen LogP) is 0.510. The molecule has 0 aliphatic heterocycles. The molecule has 0 saturated carbocycles. The van der Waals surface area contributed by atoms with Crippen molar-refractivity contribution in [1.29, 1.82) is 0 Å². The van der Waals surface area contributed by atoms with Crippen molar-refractivity contribution in [2.24, 2.45) is 7.05 Å². The van der Waals surface area contributed by atoms with Crippen LogP contribution < -0.4 is 10.6 Å². The second-order valence-corrected chi connectivity index (χ2v) is 4.40. The normalized spacial score (nSPS) is 12.2. The number of aliphatic carboxylic acids is 1. The first kappa shape index (κ1) is 15.2. The van der Waals surface area contributed by atoms with E-state index in [-0.39, 0.29) is 12.5 Å². The number of anilines is 1. The van der Waals surface area contributed by atoms with Gasteiger partial charge in [0.2, 0.25) is 5.91 Å². The van der Waals surface area contributed by atoms with Crippen molar-refractivity contribution in [2.45, 2.75) is 32.7 Å². The Bertz CT molecular complexity index is 456. The van der Waals surface area contributed by atoms with Crippen molar-refractivity contribution in [1.82, 2.24) is 15.1 Å². The molecule has 1 unspecified atom stereocenters. The summed E-state index contributed by atoms with van der Waals surface area (Å²) in [7, 11) is 1.73. The average molecular weight is 268 g/mol. The molecule has 0 aliphatic rings. The van der Waals surface area contributed by atoms with Gasteiger partial charge in [0.05, 0.1) is 12.2 Å². The summed E-state index contributed by atoms with van der Waals surface area (Å²) < 4.78 is 1.56. The van der Waals surface area contributed by atoms with Crippen LogP contribution in [0.25, 0.3) is 0 Å². The smallest absolute Gasteiger partial charge is 0.320 e. The van der Waals surface area contributed by atoms with E-state index in [1.807, 2.05) is 13.8 Å². The monoisotopic (exact) mass is 268 g/mol. The molecule has 0 bridgehead atoms. The van der Waals surface area contributed by atoms with E-state index < -0.39 is 12.0 Å². The molecule has 0 fully saturated rings. The number of aromatic nitrogens is 2. The molecule has 7 heteroatoms. The van der Waals surface area contributed by atoms with E-state index in [0.29, 0.717) is 12.2 Å². The van der Waals surface area contributed by atoms with Gasteiger partial charge in [-0.25, -0.2) is 0 Å². The average Bonchev–Trinajstić information content (AvgIpc) is 2.62. The number of nitrogens with one attached hydrogen (secondary N) is 2. The highest BCUT2D eigenvalue weighted by atomic mass is 16.4. The summed E-state index contributed by atoms with van der Waals surface area (Å²) in [6.07, 6.45) is 1.24. The third kappa shape index (κ3) is 4.70. The van der Waals surface area contributed by atoms with Crippen molar-refractivity contribution in [3.63, 3.8) is 0 Å². The Kier molecular flexibility index (Phi) is 5.50. The predicted molar refractivity (Wildman–Crippen MR) is 70.9 cm³/mol. The number of carboxylic acids is 1. The zero-order chi connectivity index (χ0) is 14.4. The van der Waals surface area contributed by atoms with E-state index in [1.165, 1.54) is 0 Å². The van der Waals surface area contributed by atoms with E-state index in [2.05, 4.69) is 15.7 Å². The van der Waals surface area contributed by atoms with Crippen LogP contribution in [0.5, 0.6) is 0 Å². The second-order valence-electron chi connectivity index (χ2n) is 4.40. The van der Waals surface area contributed by atoms with Gasteiger partial charge in [0.25, 0.3) is 0 Å². The number of carboxylic acid groups (broad SMARTS) is 1. The molecular formula is C12H20N4O3. The molecule has 1 amide bonds. The van der Waals surface area contributed by atoms with Crippen LogP contribution in [0.3, 0.4) is 0 Å². The van der Waals surface area contributed by atoms with E-state index in [9.17, 15) is 9.59 Å². The van der Waals surface area contributed by atoms with Gasteiger partial charge in [-0.05, 0) is 13.3 Å². The topological polar surface area (TPSA) is 96.3 Å². The molecule has 7 nitrogen and oxygen atoms in total. The maximum absolute atomic E-state index is 11.7. The summed E-state index contributed by atoms with van der Waals surface area (Å²) in [6.45, 7) is 3.69. The Morgan fingerprint density at radius 2 is 2.21 bits per heavy atom. The molecular weight excluding hydrogens is 248 g/mol. The molecule has 3 N–H and O–H groups in total. The van der Waals surface area contributed by atoms with Crippen molar-refractivity contribution in [3.05, 3.63) is 11.8 Å². The zero-order valence-electron chi connectivity index (χ0n) is 11.4. The van der Waals surface area contributed by atoms with Gasteiger partial charge in [0.1, 0.15) is 11.9 Å². The molecule has 0 saturated heterocycles. The third-order valence-electron chi connectivity index (χ3n) is 2.65. The van der Waals surface area contributed by atoms with Gasteiger partial charge in [0, 0.05) is 13.1 Å². The first-order valence-corrected chi connectivity index (χ1v) is 6.20. The molecule has 1 aromatic rings. The van der Waals surface area contributed by atoms with Gasteiger partial charge in [-0.3, -0.25) is 19.6 Å². The standard InChI is InChI=1S/C12H20N4O3/c1-4-5-9(12(18)19)13-7-11(17)14-10-6-8(2)15-16(10)3/h6,9,13H,4-5,7H2,1-3H3,(H,14,17)(H,18,19). The highest BCUT2D eigenvalue weighted by Gasteiger charge is 2.17. The number of rotatable bonds is 7. The minimum absolute atomic E-state index is 0.0405. The number of amides is 1. The van der Waals surface area contributed by atoms with Gasteiger partial charge in [0.15, 0.2) is 0 Å². The minimum Gasteiger partial charge on any atom is -0.480 e. The fraction of sp³-hybridized carbons (Fsp3) is 0.583. The molecule has 19 heavy (non-hydrogen) atoms. The molecule has 1 rings (SSSR count). The van der Waals surface area contributed by atoms with Crippen LogP contribution in [0.2, 0.25) is 0 Å². The Hall–Kier alpha value is -1.89. The van der Waals surface area contributed by atoms with Crippen molar-refractivity contribution < 1.29 is 14.7 Å². The first-order chi connectivity index (χ1) is 8.93. The summed E-state index contributed by atoms with van der Waals surface area (Å²) in [6, 6.07) is 1.06. The maximum atomic E-state index is 11.7. The molecule has 1 atom stereocenters. The molecule has 1 aromatic heterocycles. The number of carbonyl (C=O) groups is 2. The Morgan fingerprint density at radius 1 is 1.53 bits per heavy atom. The fourth-order valence-electron chi connectivity index (χ4n) is 1.73. The number of hydrogen-bond acceptors (Lipinski definition) is 4. The SMILES string of the molecule is CCCC(NCC(=O)Nc1cc(C)nn1C)C(=O)O. The Morgan fingerprint density at radius 3 is 2.68 bits per heavy atom. The van der Waals surface area contributed by atoms with Crippen LogP contribution in [0.15, 0.2) is 6.07 Å². The molecule has 0 aliphatic carbocycles. The lowest BCUT2D eigenvalue weighted by molar-refractivity contribution is -0.139. The van der Waals surface area contributed by atoms with Gasteiger partial charge in [-0.15, -0.1) is 0 Å². The number of nitrogens with zero attached hydrogens (tertiary/aromatic N) is 2. The molecule has 0 spiro atoms. The van der Waals surface area contributed by atoms with E-state index in [1.54, 1.807) is 17.8 Å². The summed E-state index contributed by atoms with van der Waals surface area (Å²) in [4.78, 5) is 22.6. The van der Waals surface area contributed by atoms with Gasteiger partial charge in [-0.1, -0.05) is 13.3 Å². The Balaban J connectivity index is 2.47. The lowest BCUT2D eigenvalue weighted by Gasteiger charge is -2.13. The van der Waals surface area contributed by atoms with Crippen LogP contribution >= 0.6 is 0 Å². The summed E-state index contributed by atoms with van der Waals surface area (Å²) in [5.41, 5.74) is 0.806. The van der Waals surface area contributed by atoms with E-state index in [0.717, 1.165) is 12.1 Å². The lowest BCUT2D eigenvalue weighted by Crippen LogP contribution is -2.41. The van der Waals surface area contributed by atoms with Crippen LogP contribution in [0.4, 0.5) is 5.82 Å². The second kappa shape index (κ2) is 6.89. The Labute approximate surface area is 112 Å². The zero-order valence-corrected chi connectivity index (χ0v) is 11.4. The van der Waals surface area contributed by atoms with Crippen LogP contribution in [-0.4, -0.2) is 39.4 Å². The molecule has 0 aromatic carbocycles. The third-order valence-corrected chi connectivity index (χ3v) is 2.65. The largest absolute Gasteiger partial charge is 0.480 e. The fourth-order valence-corrected chi connectivity index (χ4v) is 1.73. The van der Waals surface area contributed by atoms with Crippen LogP contribution in [-0.2, 0) is 16.6 Å². The van der Waals surface area contributed by atoms with E-state index in [4.69, 9.17) is 5.11 Å². The molecule has 106 valence electrons. The summed E-state index contributed by atoms with van der Waals surface area (Å²) >= 11 is 0. The van der Waals surface area contributed by atoms with Gasteiger partial charge < -0.3 is 10.4 Å².